The maximum atomic E-state index is 6.41. The van der Waals surface area contributed by atoms with Crippen molar-refractivity contribution in [2.24, 2.45) is 5.10 Å². The van der Waals surface area contributed by atoms with E-state index in [1.807, 2.05) is 54.6 Å². The molecule has 9 heteroatoms. The Balaban J connectivity index is 1.49. The molecule has 35 heavy (non-hydrogen) atoms. The molecule has 0 aliphatic carbocycles. The molecule has 2 heterocycles. The molecular weight excluding hydrogens is 485 g/mol. The SMILES string of the molecule is COc1cc2cc(/C=N\Nc3nc(-c4ccccc4)c4cc(Cl)ccc4n3)c(Cl)nc2cc1OC. The number of pyridine rings is 1. The van der Waals surface area contributed by atoms with Crippen LogP contribution in [0, 0.1) is 0 Å². The van der Waals surface area contributed by atoms with Gasteiger partial charge in [-0.15, -0.1) is 0 Å². The number of aromatic nitrogens is 3. The number of rotatable bonds is 6. The molecule has 0 amide bonds. The van der Waals surface area contributed by atoms with Gasteiger partial charge in [0.05, 0.1) is 37.2 Å². The topological polar surface area (TPSA) is 81.5 Å². The second-order valence-electron chi connectivity index (χ2n) is 7.56. The lowest BCUT2D eigenvalue weighted by atomic mass is 10.1. The predicted molar refractivity (Wildman–Crippen MR) is 141 cm³/mol. The summed E-state index contributed by atoms with van der Waals surface area (Å²) in [5.74, 6) is 1.52. The fraction of sp³-hybridized carbons (Fsp3) is 0.0769. The first kappa shape index (κ1) is 22.8. The van der Waals surface area contributed by atoms with Gasteiger partial charge in [0.25, 0.3) is 0 Å². The number of hydrazone groups is 1. The van der Waals surface area contributed by atoms with Crippen LogP contribution in [0.1, 0.15) is 5.56 Å². The van der Waals surface area contributed by atoms with Gasteiger partial charge in [-0.3, -0.25) is 0 Å². The first-order valence-electron chi connectivity index (χ1n) is 10.6. The number of nitrogens with zero attached hydrogens (tertiary/aromatic N) is 4. The van der Waals surface area contributed by atoms with Crippen LogP contribution in [0.5, 0.6) is 11.5 Å². The Kier molecular flexibility index (Phi) is 6.35. The van der Waals surface area contributed by atoms with E-state index in [1.165, 1.54) is 0 Å². The van der Waals surface area contributed by atoms with Gasteiger partial charge in [0.15, 0.2) is 11.5 Å². The smallest absolute Gasteiger partial charge is 0.244 e. The largest absolute Gasteiger partial charge is 0.493 e. The first-order valence-corrected chi connectivity index (χ1v) is 11.4. The summed E-state index contributed by atoms with van der Waals surface area (Å²) < 4.78 is 10.7. The van der Waals surface area contributed by atoms with Gasteiger partial charge in [-0.05, 0) is 30.3 Å². The van der Waals surface area contributed by atoms with Crippen LogP contribution >= 0.6 is 23.2 Å². The molecule has 0 atom stereocenters. The molecule has 0 fully saturated rings. The van der Waals surface area contributed by atoms with Crippen LogP contribution in [-0.4, -0.2) is 35.4 Å². The number of hydrogen-bond acceptors (Lipinski definition) is 7. The average molecular weight is 504 g/mol. The zero-order chi connectivity index (χ0) is 24.4. The van der Waals surface area contributed by atoms with E-state index >= 15 is 0 Å². The van der Waals surface area contributed by atoms with Crippen LogP contribution in [0.15, 0.2) is 71.8 Å². The first-order chi connectivity index (χ1) is 17.1. The van der Waals surface area contributed by atoms with E-state index in [4.69, 9.17) is 32.7 Å². The Morgan fingerprint density at radius 2 is 1.60 bits per heavy atom. The summed E-state index contributed by atoms with van der Waals surface area (Å²) in [6.45, 7) is 0. The molecule has 0 aliphatic heterocycles. The Morgan fingerprint density at radius 1 is 0.829 bits per heavy atom. The van der Waals surface area contributed by atoms with Crippen molar-refractivity contribution in [2.75, 3.05) is 19.6 Å². The summed E-state index contributed by atoms with van der Waals surface area (Å²) in [6, 6.07) is 20.8. The fourth-order valence-corrected chi connectivity index (χ4v) is 4.08. The molecule has 0 spiro atoms. The van der Waals surface area contributed by atoms with Gasteiger partial charge in [0.1, 0.15) is 5.15 Å². The van der Waals surface area contributed by atoms with E-state index in [0.717, 1.165) is 27.5 Å². The summed E-state index contributed by atoms with van der Waals surface area (Å²) in [4.78, 5) is 13.7. The van der Waals surface area contributed by atoms with E-state index in [9.17, 15) is 0 Å². The standard InChI is InChI=1S/C26H19Cl2N5O2/c1-34-22-11-16-10-17(25(28)30-21(16)13-23(22)35-2)14-29-33-26-31-20-9-8-18(27)12-19(20)24(32-26)15-6-4-3-5-7-15/h3-14H,1-2H3,(H,31,32,33)/b29-14-. The number of nitrogens with one attached hydrogen (secondary N) is 1. The molecule has 0 saturated carbocycles. The van der Waals surface area contributed by atoms with Gasteiger partial charge >= 0.3 is 0 Å². The number of methoxy groups -OCH3 is 2. The number of fused-ring (bicyclic) bond motifs is 2. The third-order valence-corrected chi connectivity index (χ3v) is 5.91. The molecule has 3 aromatic carbocycles. The zero-order valence-electron chi connectivity index (χ0n) is 18.8. The monoisotopic (exact) mass is 503 g/mol. The van der Waals surface area contributed by atoms with Gasteiger partial charge in [0.2, 0.25) is 5.95 Å². The quantitative estimate of drug-likeness (QED) is 0.159. The Bertz CT molecular complexity index is 1580. The van der Waals surface area contributed by atoms with Crippen molar-refractivity contribution in [3.8, 4) is 22.8 Å². The Morgan fingerprint density at radius 3 is 2.37 bits per heavy atom. The molecule has 5 aromatic rings. The van der Waals surface area contributed by atoms with Crippen LogP contribution < -0.4 is 14.9 Å². The molecule has 5 rings (SSSR count). The molecule has 2 aromatic heterocycles. The summed E-state index contributed by atoms with van der Waals surface area (Å²) in [5.41, 5.74) is 6.65. The van der Waals surface area contributed by atoms with Crippen molar-refractivity contribution >= 4 is 57.2 Å². The Hall–Kier alpha value is -3.94. The van der Waals surface area contributed by atoms with E-state index < -0.39 is 0 Å². The highest BCUT2D eigenvalue weighted by atomic mass is 35.5. The molecule has 0 radical (unpaired) electrons. The van der Waals surface area contributed by atoms with Crippen molar-refractivity contribution in [3.05, 3.63) is 82.5 Å². The number of halogens is 2. The number of anilines is 1. The minimum absolute atomic E-state index is 0.300. The van der Waals surface area contributed by atoms with Crippen molar-refractivity contribution < 1.29 is 9.47 Å². The van der Waals surface area contributed by atoms with E-state index in [1.54, 1.807) is 32.6 Å². The number of benzene rings is 3. The molecule has 0 aliphatic rings. The van der Waals surface area contributed by atoms with Crippen LogP contribution in [0.2, 0.25) is 10.2 Å². The lowest BCUT2D eigenvalue weighted by Gasteiger charge is -2.10. The maximum Gasteiger partial charge on any atom is 0.244 e. The highest BCUT2D eigenvalue weighted by Gasteiger charge is 2.12. The van der Waals surface area contributed by atoms with Gasteiger partial charge in [-0.1, -0.05) is 53.5 Å². The second kappa shape index (κ2) is 9.74. The fourth-order valence-electron chi connectivity index (χ4n) is 3.71. The summed E-state index contributed by atoms with van der Waals surface area (Å²) >= 11 is 12.6. The number of hydrogen-bond donors (Lipinski definition) is 1. The van der Waals surface area contributed by atoms with Crippen molar-refractivity contribution in [2.45, 2.75) is 0 Å². The second-order valence-corrected chi connectivity index (χ2v) is 8.36. The van der Waals surface area contributed by atoms with Gasteiger partial charge in [0, 0.05) is 33.0 Å². The summed E-state index contributed by atoms with van der Waals surface area (Å²) in [7, 11) is 3.16. The lowest BCUT2D eigenvalue weighted by Crippen LogP contribution is -2.00. The summed E-state index contributed by atoms with van der Waals surface area (Å²) in [6.07, 6.45) is 1.57. The van der Waals surface area contributed by atoms with Gasteiger partial charge in [-0.25, -0.2) is 20.4 Å². The third kappa shape index (κ3) is 4.69. The minimum atomic E-state index is 0.300. The molecule has 0 saturated heterocycles. The molecule has 174 valence electrons. The summed E-state index contributed by atoms with van der Waals surface area (Å²) in [5, 5.41) is 6.91. The maximum absolute atomic E-state index is 6.41. The van der Waals surface area contributed by atoms with Gasteiger partial charge < -0.3 is 9.47 Å². The van der Waals surface area contributed by atoms with Crippen LogP contribution in [-0.2, 0) is 0 Å². The van der Waals surface area contributed by atoms with Gasteiger partial charge in [-0.2, -0.15) is 5.10 Å². The molecule has 0 unspecified atom stereocenters. The molecule has 7 nitrogen and oxygen atoms in total. The molecular formula is C26H19Cl2N5O2. The molecule has 1 N–H and O–H groups in total. The van der Waals surface area contributed by atoms with E-state index in [0.29, 0.717) is 38.7 Å². The highest BCUT2D eigenvalue weighted by molar-refractivity contribution is 6.32. The van der Waals surface area contributed by atoms with Crippen LogP contribution in [0.25, 0.3) is 33.1 Å². The van der Waals surface area contributed by atoms with Crippen molar-refractivity contribution in [1.29, 1.82) is 0 Å². The lowest BCUT2D eigenvalue weighted by molar-refractivity contribution is 0.356. The Labute approximate surface area is 211 Å². The average Bonchev–Trinajstić information content (AvgIpc) is 2.88. The van der Waals surface area contributed by atoms with Crippen molar-refractivity contribution in [3.63, 3.8) is 0 Å². The zero-order valence-corrected chi connectivity index (χ0v) is 20.3. The van der Waals surface area contributed by atoms with Crippen molar-refractivity contribution in [1.82, 2.24) is 15.0 Å². The van der Waals surface area contributed by atoms with E-state index in [2.05, 4.69) is 25.5 Å². The predicted octanol–water partition coefficient (Wildman–Crippen LogP) is 6.62. The van der Waals surface area contributed by atoms with Crippen LogP contribution in [0.3, 0.4) is 0 Å². The molecule has 0 bridgehead atoms. The minimum Gasteiger partial charge on any atom is -0.493 e. The highest BCUT2D eigenvalue weighted by Crippen LogP contribution is 2.33. The third-order valence-electron chi connectivity index (χ3n) is 5.37. The number of ether oxygens (including phenoxy) is 2. The normalized spacial score (nSPS) is 11.3. The van der Waals surface area contributed by atoms with E-state index in [-0.39, 0.29) is 0 Å². The van der Waals surface area contributed by atoms with Crippen LogP contribution in [0.4, 0.5) is 5.95 Å².